The summed E-state index contributed by atoms with van der Waals surface area (Å²) in [6.45, 7) is 3.09. The van der Waals surface area contributed by atoms with Gasteiger partial charge in [0.2, 0.25) is 0 Å². The fourth-order valence-corrected chi connectivity index (χ4v) is 3.78. The molecule has 0 unspecified atom stereocenters. The smallest absolute Gasteiger partial charge is 0.267 e. The van der Waals surface area contributed by atoms with Crippen molar-refractivity contribution in [2.45, 2.75) is 18.7 Å². The number of rotatable bonds is 3. The van der Waals surface area contributed by atoms with Gasteiger partial charge in [-0.05, 0) is 32.0 Å². The second kappa shape index (κ2) is 6.97. The lowest BCUT2D eigenvalue weighted by atomic mass is 10.2. The number of anilines is 3. The number of nitrogens with two attached hydrogens (primary N) is 2. The summed E-state index contributed by atoms with van der Waals surface area (Å²) in [6, 6.07) is 6.58. The van der Waals surface area contributed by atoms with Crippen LogP contribution in [-0.2, 0) is 10.0 Å². The normalized spacial score (nSPS) is 10.9. The fraction of sp³-hybridized carbons (Fsp3) is 0.118. The molecule has 27 heavy (non-hydrogen) atoms. The van der Waals surface area contributed by atoms with Crippen LogP contribution in [-0.4, -0.2) is 23.5 Å². The molecule has 3 aromatic rings. The average Bonchev–Trinajstić information content (AvgIpc) is 2.94. The van der Waals surface area contributed by atoms with Gasteiger partial charge in [-0.2, -0.15) is 0 Å². The molecule has 0 aliphatic carbocycles. The first-order chi connectivity index (χ1) is 12.8. The first-order valence-electron chi connectivity index (χ1n) is 7.71. The lowest BCUT2D eigenvalue weighted by molar-refractivity contribution is 0.390. The lowest BCUT2D eigenvalue weighted by Crippen LogP contribution is -2.14. The number of sulfonamides is 1. The molecule has 1 aromatic carbocycles. The molecule has 0 radical (unpaired) electrons. The first-order valence-corrected chi connectivity index (χ1v) is 9.20. The van der Waals surface area contributed by atoms with Gasteiger partial charge in [0, 0.05) is 5.56 Å². The second-order valence-corrected chi connectivity index (χ2v) is 7.23. The summed E-state index contributed by atoms with van der Waals surface area (Å²) < 4.78 is 32.6. The molecular formula is C17H16N6O3S. The van der Waals surface area contributed by atoms with E-state index >= 15 is 0 Å². The summed E-state index contributed by atoms with van der Waals surface area (Å²) in [5, 5.41) is 3.67. The Balaban J connectivity index is 1.91. The quantitative estimate of drug-likeness (QED) is 0.574. The van der Waals surface area contributed by atoms with Crippen LogP contribution >= 0.6 is 0 Å². The number of nitrogen functional groups attached to an aromatic ring is 2. The van der Waals surface area contributed by atoms with Crippen LogP contribution in [0.1, 0.15) is 22.6 Å². The predicted molar refractivity (Wildman–Crippen MR) is 100 cm³/mol. The van der Waals surface area contributed by atoms with E-state index in [1.165, 1.54) is 13.3 Å². The van der Waals surface area contributed by atoms with E-state index < -0.39 is 10.0 Å². The zero-order valence-corrected chi connectivity index (χ0v) is 15.3. The summed E-state index contributed by atoms with van der Waals surface area (Å²) in [5.74, 6) is 6.23. The van der Waals surface area contributed by atoms with Crippen molar-refractivity contribution in [2.24, 2.45) is 0 Å². The van der Waals surface area contributed by atoms with Crippen molar-refractivity contribution in [1.82, 2.24) is 15.1 Å². The zero-order valence-electron chi connectivity index (χ0n) is 14.5. The maximum absolute atomic E-state index is 12.6. The van der Waals surface area contributed by atoms with E-state index in [2.05, 4.69) is 31.7 Å². The van der Waals surface area contributed by atoms with Gasteiger partial charge < -0.3 is 16.0 Å². The Morgan fingerprint density at radius 3 is 2.44 bits per heavy atom. The SMILES string of the molecule is Cc1noc(C)c1S(=O)(=O)Nc1cccc(C#Cc2c(N)ncnc2N)c1. The number of hydrogen-bond acceptors (Lipinski definition) is 8. The maximum atomic E-state index is 12.6. The third kappa shape index (κ3) is 3.83. The summed E-state index contributed by atoms with van der Waals surface area (Å²) in [5.41, 5.74) is 13.0. The fourth-order valence-electron chi connectivity index (χ4n) is 2.40. The zero-order chi connectivity index (χ0) is 19.6. The number of nitrogens with one attached hydrogen (secondary N) is 1. The second-order valence-electron chi connectivity index (χ2n) is 5.61. The minimum atomic E-state index is -3.84. The molecule has 5 N–H and O–H groups in total. The first kappa shape index (κ1) is 18.2. The van der Waals surface area contributed by atoms with E-state index in [-0.39, 0.29) is 28.0 Å². The van der Waals surface area contributed by atoms with Crippen LogP contribution in [0, 0.1) is 25.7 Å². The van der Waals surface area contributed by atoms with E-state index in [0.717, 1.165) is 0 Å². The topological polar surface area (TPSA) is 150 Å². The molecule has 0 bridgehead atoms. The van der Waals surface area contributed by atoms with Crippen molar-refractivity contribution in [3.8, 4) is 11.8 Å². The monoisotopic (exact) mass is 384 g/mol. The van der Waals surface area contributed by atoms with Gasteiger partial charge >= 0.3 is 0 Å². The van der Waals surface area contributed by atoms with Gasteiger partial charge in [-0.3, -0.25) is 4.72 Å². The summed E-state index contributed by atoms with van der Waals surface area (Å²) in [4.78, 5) is 7.70. The Morgan fingerprint density at radius 2 is 1.81 bits per heavy atom. The molecule has 2 heterocycles. The van der Waals surface area contributed by atoms with Crippen LogP contribution in [0.3, 0.4) is 0 Å². The van der Waals surface area contributed by atoms with Crippen molar-refractivity contribution < 1.29 is 12.9 Å². The Kier molecular flexibility index (Phi) is 4.70. The van der Waals surface area contributed by atoms with Gasteiger partial charge in [-0.15, -0.1) is 0 Å². The van der Waals surface area contributed by atoms with Crippen molar-refractivity contribution >= 4 is 27.3 Å². The molecule has 0 spiro atoms. The molecule has 9 nitrogen and oxygen atoms in total. The van der Waals surface area contributed by atoms with E-state index in [9.17, 15) is 8.42 Å². The number of aromatic nitrogens is 3. The lowest BCUT2D eigenvalue weighted by Gasteiger charge is -2.07. The minimum Gasteiger partial charge on any atom is -0.382 e. The molecule has 2 aromatic heterocycles. The van der Waals surface area contributed by atoms with Crippen molar-refractivity contribution in [3.05, 3.63) is 53.2 Å². The number of benzene rings is 1. The van der Waals surface area contributed by atoms with Crippen molar-refractivity contribution in [2.75, 3.05) is 16.2 Å². The van der Waals surface area contributed by atoms with Gasteiger partial charge in [-0.1, -0.05) is 23.1 Å². The van der Waals surface area contributed by atoms with Crippen LogP contribution in [0.2, 0.25) is 0 Å². The molecule has 3 rings (SSSR count). The third-order valence-corrected chi connectivity index (χ3v) is 5.21. The predicted octanol–water partition coefficient (Wildman–Crippen LogP) is 1.45. The van der Waals surface area contributed by atoms with Crippen LogP contribution in [0.25, 0.3) is 0 Å². The van der Waals surface area contributed by atoms with Gasteiger partial charge in [0.25, 0.3) is 10.0 Å². The largest absolute Gasteiger partial charge is 0.382 e. The third-order valence-electron chi connectivity index (χ3n) is 3.59. The van der Waals surface area contributed by atoms with Gasteiger partial charge in [0.05, 0.1) is 5.69 Å². The van der Waals surface area contributed by atoms with Gasteiger partial charge in [-0.25, -0.2) is 18.4 Å². The van der Waals surface area contributed by atoms with Crippen LogP contribution in [0.15, 0.2) is 40.0 Å². The molecule has 0 fully saturated rings. The highest BCUT2D eigenvalue weighted by Crippen LogP contribution is 2.22. The Labute approximate surface area is 155 Å². The van der Waals surface area contributed by atoms with Crippen LogP contribution in [0.5, 0.6) is 0 Å². The van der Waals surface area contributed by atoms with E-state index in [1.807, 2.05) is 0 Å². The highest BCUT2D eigenvalue weighted by atomic mass is 32.2. The van der Waals surface area contributed by atoms with Crippen molar-refractivity contribution in [1.29, 1.82) is 0 Å². The summed E-state index contributed by atoms with van der Waals surface area (Å²) >= 11 is 0. The molecule has 0 aliphatic rings. The molecule has 138 valence electrons. The standard InChI is InChI=1S/C17H16N6O3S/c1-10-15(11(2)26-22-10)27(24,25)23-13-5-3-4-12(8-13)6-7-14-16(18)20-9-21-17(14)19/h3-5,8-9,23H,1-2H3,(H4,18,19,20,21). The van der Waals surface area contributed by atoms with Crippen molar-refractivity contribution in [3.63, 3.8) is 0 Å². The van der Waals surface area contributed by atoms with Crippen LogP contribution < -0.4 is 16.2 Å². The molecule has 0 atom stereocenters. The maximum Gasteiger partial charge on any atom is 0.267 e. The number of aryl methyl sites for hydroxylation is 2. The Hall–Kier alpha value is -3.58. The van der Waals surface area contributed by atoms with E-state index in [1.54, 1.807) is 31.2 Å². The number of hydrogen-bond donors (Lipinski definition) is 3. The van der Waals surface area contributed by atoms with E-state index in [4.69, 9.17) is 16.0 Å². The highest BCUT2D eigenvalue weighted by Gasteiger charge is 2.24. The Bertz CT molecular complexity index is 1140. The minimum absolute atomic E-state index is 0.0148. The molecule has 10 heteroatoms. The van der Waals surface area contributed by atoms with Gasteiger partial charge in [0.1, 0.15) is 29.2 Å². The van der Waals surface area contributed by atoms with Crippen LogP contribution in [0.4, 0.5) is 17.3 Å². The average molecular weight is 384 g/mol. The summed E-state index contributed by atoms with van der Waals surface area (Å²) in [7, 11) is -3.84. The summed E-state index contributed by atoms with van der Waals surface area (Å²) in [6.07, 6.45) is 1.25. The van der Waals surface area contributed by atoms with Gasteiger partial charge in [0.15, 0.2) is 10.7 Å². The number of nitrogens with zero attached hydrogens (tertiary/aromatic N) is 3. The van der Waals surface area contributed by atoms with E-state index in [0.29, 0.717) is 16.8 Å². The Morgan fingerprint density at radius 1 is 1.11 bits per heavy atom. The molecule has 0 aliphatic heterocycles. The molecular weight excluding hydrogens is 368 g/mol. The molecule has 0 saturated heterocycles. The molecule has 0 saturated carbocycles. The highest BCUT2D eigenvalue weighted by molar-refractivity contribution is 7.92. The molecule has 0 amide bonds.